The fourth-order valence-corrected chi connectivity index (χ4v) is 4.79. The lowest BCUT2D eigenvalue weighted by Gasteiger charge is -2.51. The van der Waals surface area contributed by atoms with Crippen molar-refractivity contribution in [2.24, 2.45) is 23.0 Å². The molecule has 1 aliphatic heterocycles. The van der Waals surface area contributed by atoms with Crippen LogP contribution in [-0.2, 0) is 0 Å². The summed E-state index contributed by atoms with van der Waals surface area (Å²) in [6.07, 6.45) is 9.94. The smallest absolute Gasteiger partial charge is 0.0252 e. The van der Waals surface area contributed by atoms with Crippen molar-refractivity contribution in [3.8, 4) is 0 Å². The number of piperidine rings is 1. The first-order valence-electron chi connectivity index (χ1n) is 8.06. The lowest BCUT2D eigenvalue weighted by atomic mass is 9.69. The molecule has 1 saturated heterocycles. The van der Waals surface area contributed by atoms with Crippen LogP contribution in [0.25, 0.3) is 0 Å². The van der Waals surface area contributed by atoms with Crippen molar-refractivity contribution < 1.29 is 0 Å². The van der Waals surface area contributed by atoms with Gasteiger partial charge in [-0.25, -0.2) is 0 Å². The van der Waals surface area contributed by atoms with Gasteiger partial charge in [0, 0.05) is 25.2 Å². The molecule has 4 atom stereocenters. The summed E-state index contributed by atoms with van der Waals surface area (Å²) in [5.74, 6) is 1.96. The van der Waals surface area contributed by atoms with Crippen molar-refractivity contribution in [3.05, 3.63) is 0 Å². The number of nitrogens with two attached hydrogens (primary N) is 1. The maximum Gasteiger partial charge on any atom is 0.0252 e. The van der Waals surface area contributed by atoms with Crippen LogP contribution in [-0.4, -0.2) is 30.1 Å². The molecule has 0 radical (unpaired) electrons. The molecule has 1 heterocycles. The Morgan fingerprint density at radius 3 is 2.33 bits per heavy atom. The molecular weight excluding hydrogens is 220 g/mol. The molecule has 0 aromatic rings. The van der Waals surface area contributed by atoms with Gasteiger partial charge < -0.3 is 5.73 Å². The quantitative estimate of drug-likeness (QED) is 0.775. The van der Waals surface area contributed by atoms with Crippen LogP contribution in [0, 0.1) is 17.3 Å². The Morgan fingerprint density at radius 2 is 1.67 bits per heavy atom. The van der Waals surface area contributed by atoms with Gasteiger partial charge in [0.1, 0.15) is 0 Å². The Kier molecular flexibility index (Phi) is 3.44. The summed E-state index contributed by atoms with van der Waals surface area (Å²) in [5, 5.41) is 0. The van der Waals surface area contributed by atoms with E-state index in [0.717, 1.165) is 11.8 Å². The van der Waals surface area contributed by atoms with Gasteiger partial charge >= 0.3 is 0 Å². The summed E-state index contributed by atoms with van der Waals surface area (Å²) in [4.78, 5) is 2.78. The third-order valence-electron chi connectivity index (χ3n) is 5.98. The zero-order chi connectivity index (χ0) is 12.8. The fourth-order valence-electron chi connectivity index (χ4n) is 4.79. The van der Waals surface area contributed by atoms with E-state index < -0.39 is 0 Å². The molecule has 0 aromatic carbocycles. The van der Waals surface area contributed by atoms with E-state index in [2.05, 4.69) is 18.7 Å². The standard InChI is InChI=1S/C16H30N2/c1-16(2)8-4-7-14(15(16)17)18-10-12-5-3-6-13(9-12)11-18/h12-15H,3-11,17H2,1-2H3. The lowest BCUT2D eigenvalue weighted by molar-refractivity contribution is 0.00443. The van der Waals surface area contributed by atoms with E-state index in [1.165, 1.54) is 58.0 Å². The minimum atomic E-state index is 0.343. The minimum absolute atomic E-state index is 0.343. The molecule has 3 aliphatic rings. The molecule has 2 heteroatoms. The molecular formula is C16H30N2. The van der Waals surface area contributed by atoms with Gasteiger partial charge in [-0.3, -0.25) is 4.90 Å². The maximum atomic E-state index is 6.60. The average Bonchev–Trinajstić information content (AvgIpc) is 2.32. The van der Waals surface area contributed by atoms with Crippen molar-refractivity contribution in [3.63, 3.8) is 0 Å². The van der Waals surface area contributed by atoms with Crippen LogP contribution in [0.5, 0.6) is 0 Å². The Morgan fingerprint density at radius 1 is 1.00 bits per heavy atom. The van der Waals surface area contributed by atoms with Gasteiger partial charge in [0.2, 0.25) is 0 Å². The molecule has 2 nitrogen and oxygen atoms in total. The first-order chi connectivity index (χ1) is 8.56. The summed E-state index contributed by atoms with van der Waals surface area (Å²) in [5.41, 5.74) is 6.94. The van der Waals surface area contributed by atoms with Crippen LogP contribution in [0.15, 0.2) is 0 Å². The average molecular weight is 250 g/mol. The molecule has 18 heavy (non-hydrogen) atoms. The third-order valence-corrected chi connectivity index (χ3v) is 5.98. The van der Waals surface area contributed by atoms with Gasteiger partial charge in [0.15, 0.2) is 0 Å². The van der Waals surface area contributed by atoms with Crippen LogP contribution < -0.4 is 5.73 Å². The Hall–Kier alpha value is -0.0800. The third kappa shape index (κ3) is 2.34. The van der Waals surface area contributed by atoms with Crippen molar-refractivity contribution >= 4 is 0 Å². The second-order valence-corrected chi connectivity index (χ2v) is 7.83. The normalized spacial score (nSPS) is 44.8. The fraction of sp³-hybridized carbons (Fsp3) is 1.00. The molecule has 0 spiro atoms. The van der Waals surface area contributed by atoms with E-state index in [1.54, 1.807) is 0 Å². The zero-order valence-corrected chi connectivity index (χ0v) is 12.2. The molecule has 3 fully saturated rings. The number of fused-ring (bicyclic) bond motifs is 2. The highest BCUT2D eigenvalue weighted by Gasteiger charge is 2.42. The summed E-state index contributed by atoms with van der Waals surface area (Å²) in [6, 6.07) is 1.04. The lowest BCUT2D eigenvalue weighted by Crippen LogP contribution is -2.60. The zero-order valence-electron chi connectivity index (χ0n) is 12.2. The van der Waals surface area contributed by atoms with Gasteiger partial charge in [-0.1, -0.05) is 26.7 Å². The van der Waals surface area contributed by atoms with E-state index in [9.17, 15) is 0 Å². The van der Waals surface area contributed by atoms with Crippen LogP contribution >= 0.6 is 0 Å². The van der Waals surface area contributed by atoms with E-state index >= 15 is 0 Å². The van der Waals surface area contributed by atoms with Crippen molar-refractivity contribution in [2.45, 2.75) is 70.9 Å². The predicted octanol–water partition coefficient (Wildman–Crippen LogP) is 3.01. The van der Waals surface area contributed by atoms with Gasteiger partial charge in [0.05, 0.1) is 0 Å². The van der Waals surface area contributed by atoms with Crippen molar-refractivity contribution in [2.75, 3.05) is 13.1 Å². The largest absolute Gasteiger partial charge is 0.326 e. The highest BCUT2D eigenvalue weighted by atomic mass is 15.2. The number of likely N-dealkylation sites (tertiary alicyclic amines) is 1. The highest BCUT2D eigenvalue weighted by molar-refractivity contribution is 4.98. The predicted molar refractivity (Wildman–Crippen MR) is 76.4 cm³/mol. The van der Waals surface area contributed by atoms with Crippen molar-refractivity contribution in [1.29, 1.82) is 0 Å². The Balaban J connectivity index is 1.70. The van der Waals surface area contributed by atoms with E-state index in [4.69, 9.17) is 5.73 Å². The summed E-state index contributed by atoms with van der Waals surface area (Å²) in [6.45, 7) is 7.42. The molecule has 2 aliphatic carbocycles. The van der Waals surface area contributed by atoms with Crippen LogP contribution in [0.1, 0.15) is 58.8 Å². The summed E-state index contributed by atoms with van der Waals surface area (Å²) >= 11 is 0. The number of rotatable bonds is 1. The van der Waals surface area contributed by atoms with E-state index in [-0.39, 0.29) is 0 Å². The van der Waals surface area contributed by atoms with Gasteiger partial charge in [0.25, 0.3) is 0 Å². The second kappa shape index (κ2) is 4.79. The maximum absolute atomic E-state index is 6.60. The molecule has 2 bridgehead atoms. The van der Waals surface area contributed by atoms with Crippen LogP contribution in [0.2, 0.25) is 0 Å². The van der Waals surface area contributed by atoms with E-state index in [1.807, 2.05) is 0 Å². The van der Waals surface area contributed by atoms with Crippen molar-refractivity contribution in [1.82, 2.24) is 4.90 Å². The molecule has 2 N–H and O–H groups in total. The molecule has 0 amide bonds. The molecule has 3 rings (SSSR count). The Bertz CT molecular complexity index is 287. The van der Waals surface area contributed by atoms with Gasteiger partial charge in [-0.05, 0) is 49.4 Å². The first kappa shape index (κ1) is 12.9. The van der Waals surface area contributed by atoms with E-state index in [0.29, 0.717) is 17.5 Å². The van der Waals surface area contributed by atoms with Gasteiger partial charge in [-0.15, -0.1) is 0 Å². The topological polar surface area (TPSA) is 29.3 Å². The Labute approximate surface area is 112 Å². The summed E-state index contributed by atoms with van der Waals surface area (Å²) < 4.78 is 0. The number of hydrogen-bond donors (Lipinski definition) is 1. The van der Waals surface area contributed by atoms with Gasteiger partial charge in [-0.2, -0.15) is 0 Å². The van der Waals surface area contributed by atoms with Crippen LogP contribution in [0.4, 0.5) is 0 Å². The monoisotopic (exact) mass is 250 g/mol. The first-order valence-corrected chi connectivity index (χ1v) is 8.06. The minimum Gasteiger partial charge on any atom is -0.326 e. The number of hydrogen-bond acceptors (Lipinski definition) is 2. The highest BCUT2D eigenvalue weighted by Crippen LogP contribution is 2.40. The summed E-state index contributed by atoms with van der Waals surface area (Å²) in [7, 11) is 0. The number of nitrogens with zero attached hydrogens (tertiary/aromatic N) is 1. The second-order valence-electron chi connectivity index (χ2n) is 7.83. The molecule has 104 valence electrons. The SMILES string of the molecule is CC1(C)CCCC(N2CC3CCCC(C3)C2)C1N. The molecule has 0 aromatic heterocycles. The molecule has 4 unspecified atom stereocenters. The van der Waals surface area contributed by atoms with Crippen LogP contribution in [0.3, 0.4) is 0 Å². The molecule has 2 saturated carbocycles.